The van der Waals surface area contributed by atoms with Crippen LogP contribution in [0.1, 0.15) is 83.8 Å². The number of rotatable bonds is 14. The normalized spacial score (nSPS) is 12.9. The maximum Gasteiger partial charge on any atom is 0.306 e. The molecule has 0 heterocycles. The molecule has 0 fully saturated rings. The number of carbonyl (C=O) groups is 2. The number of hydrogen-bond acceptors (Lipinski definition) is 5. The number of aryl methyl sites for hydroxylation is 1. The Morgan fingerprint density at radius 3 is 2.32 bits per heavy atom. The summed E-state index contributed by atoms with van der Waals surface area (Å²) >= 11 is 0. The van der Waals surface area contributed by atoms with Crippen LogP contribution in [-0.4, -0.2) is 32.7 Å². The average Bonchev–Trinajstić information content (AvgIpc) is 2.86. The lowest BCUT2D eigenvalue weighted by molar-refractivity contribution is -0.143. The maximum atomic E-state index is 14.0. The van der Waals surface area contributed by atoms with E-state index in [1.54, 1.807) is 21.1 Å². The maximum absolute atomic E-state index is 14.0. The number of ether oxygens (including phenoxy) is 3. The van der Waals surface area contributed by atoms with Crippen molar-refractivity contribution >= 4 is 17.6 Å². The van der Waals surface area contributed by atoms with Crippen molar-refractivity contribution in [2.24, 2.45) is 11.3 Å². The van der Waals surface area contributed by atoms with Crippen molar-refractivity contribution in [3.8, 4) is 11.5 Å². The van der Waals surface area contributed by atoms with Crippen LogP contribution < -0.4 is 14.8 Å². The molecule has 1 amide bonds. The molecule has 2 unspecified atom stereocenters. The van der Waals surface area contributed by atoms with Crippen molar-refractivity contribution in [2.45, 2.75) is 79.1 Å². The van der Waals surface area contributed by atoms with Crippen LogP contribution in [0.3, 0.4) is 0 Å². The number of anilines is 1. The standard InChI is InChI=1S/C31H45NO5/c1-8-10-11-16-24(25-17-13-18-26(35-6)29(25)36-7)28(31(3,4)5)30(34)32-23-15-12-14-22(21-23)19-20-27(33)37-9-2/h12-15,17-18,21,24,28H,8-11,16,19-20H2,1-7H3,(H,32,34). The van der Waals surface area contributed by atoms with Gasteiger partial charge >= 0.3 is 5.97 Å². The van der Waals surface area contributed by atoms with Gasteiger partial charge in [-0.15, -0.1) is 0 Å². The minimum atomic E-state index is -0.312. The number of benzene rings is 2. The van der Waals surface area contributed by atoms with E-state index < -0.39 is 0 Å². The molecule has 37 heavy (non-hydrogen) atoms. The fourth-order valence-corrected chi connectivity index (χ4v) is 5.00. The van der Waals surface area contributed by atoms with Gasteiger partial charge in [0.1, 0.15) is 0 Å². The van der Waals surface area contributed by atoms with Gasteiger partial charge in [0.25, 0.3) is 0 Å². The summed E-state index contributed by atoms with van der Waals surface area (Å²) in [5, 5.41) is 3.18. The number of esters is 1. The van der Waals surface area contributed by atoms with Crippen LogP contribution in [0.25, 0.3) is 0 Å². The second-order valence-electron chi connectivity index (χ2n) is 10.5. The van der Waals surface area contributed by atoms with Gasteiger partial charge in [0.2, 0.25) is 5.91 Å². The minimum Gasteiger partial charge on any atom is -0.493 e. The number of unbranched alkanes of at least 4 members (excludes halogenated alkanes) is 2. The molecule has 0 aliphatic heterocycles. The Morgan fingerprint density at radius 2 is 1.70 bits per heavy atom. The summed E-state index contributed by atoms with van der Waals surface area (Å²) in [6.45, 7) is 10.7. The van der Waals surface area contributed by atoms with E-state index in [1.807, 2.05) is 36.4 Å². The first kappa shape index (κ1) is 30.2. The summed E-state index contributed by atoms with van der Waals surface area (Å²) in [7, 11) is 3.29. The van der Waals surface area contributed by atoms with E-state index in [1.165, 1.54) is 0 Å². The number of methoxy groups -OCH3 is 2. The van der Waals surface area contributed by atoms with Crippen LogP contribution in [0.4, 0.5) is 5.69 Å². The molecule has 6 heteroatoms. The van der Waals surface area contributed by atoms with Gasteiger partial charge in [0, 0.05) is 17.7 Å². The Bertz CT molecular complexity index is 1010. The van der Waals surface area contributed by atoms with Crippen LogP contribution in [0, 0.1) is 11.3 Å². The van der Waals surface area contributed by atoms with E-state index in [0.717, 1.165) is 42.5 Å². The first-order valence-corrected chi connectivity index (χ1v) is 13.4. The van der Waals surface area contributed by atoms with Gasteiger partial charge in [0.15, 0.2) is 11.5 Å². The third kappa shape index (κ3) is 8.80. The number of amides is 1. The Labute approximate surface area is 223 Å². The molecule has 1 N–H and O–H groups in total. The molecule has 0 spiro atoms. The molecule has 2 aromatic carbocycles. The van der Waals surface area contributed by atoms with E-state index in [4.69, 9.17) is 14.2 Å². The van der Waals surface area contributed by atoms with Crippen molar-refractivity contribution < 1.29 is 23.8 Å². The highest BCUT2D eigenvalue weighted by molar-refractivity contribution is 5.94. The highest BCUT2D eigenvalue weighted by Gasteiger charge is 2.40. The molecule has 0 bridgehead atoms. The molecule has 0 saturated carbocycles. The average molecular weight is 512 g/mol. The number of carbonyl (C=O) groups excluding carboxylic acids is 2. The number of nitrogens with one attached hydrogen (secondary N) is 1. The Kier molecular flexibility index (Phi) is 12.0. The van der Waals surface area contributed by atoms with Crippen LogP contribution in [0.5, 0.6) is 11.5 Å². The summed E-state index contributed by atoms with van der Waals surface area (Å²) in [4.78, 5) is 25.7. The summed E-state index contributed by atoms with van der Waals surface area (Å²) in [6.07, 6.45) is 4.96. The van der Waals surface area contributed by atoms with Gasteiger partial charge in [-0.2, -0.15) is 0 Å². The van der Waals surface area contributed by atoms with E-state index in [2.05, 4.69) is 39.1 Å². The van der Waals surface area contributed by atoms with Crippen LogP contribution in [-0.2, 0) is 20.7 Å². The molecule has 0 aliphatic carbocycles. The van der Waals surface area contributed by atoms with Gasteiger partial charge in [-0.25, -0.2) is 0 Å². The largest absolute Gasteiger partial charge is 0.493 e. The number of hydrogen-bond donors (Lipinski definition) is 1. The Hall–Kier alpha value is -3.02. The first-order chi connectivity index (χ1) is 17.7. The third-order valence-electron chi connectivity index (χ3n) is 6.69. The molecule has 204 valence electrons. The molecule has 2 atom stereocenters. The zero-order valence-electron chi connectivity index (χ0n) is 23.7. The third-order valence-corrected chi connectivity index (χ3v) is 6.69. The Balaban J connectivity index is 2.39. The van der Waals surface area contributed by atoms with Crippen molar-refractivity contribution in [3.05, 3.63) is 53.6 Å². The fourth-order valence-electron chi connectivity index (χ4n) is 5.00. The molecular weight excluding hydrogens is 466 g/mol. The molecule has 2 rings (SSSR count). The van der Waals surface area contributed by atoms with Gasteiger partial charge in [0.05, 0.1) is 26.7 Å². The fraction of sp³-hybridized carbons (Fsp3) is 0.548. The van der Waals surface area contributed by atoms with E-state index in [-0.39, 0.29) is 29.1 Å². The van der Waals surface area contributed by atoms with Gasteiger partial charge < -0.3 is 19.5 Å². The second kappa shape index (κ2) is 14.7. The smallest absolute Gasteiger partial charge is 0.306 e. The lowest BCUT2D eigenvalue weighted by atomic mass is 9.68. The minimum absolute atomic E-state index is 0.0265. The topological polar surface area (TPSA) is 73.9 Å². The summed E-state index contributed by atoms with van der Waals surface area (Å²) in [5.74, 6) is 0.753. The van der Waals surface area contributed by atoms with Gasteiger partial charge in [-0.3, -0.25) is 9.59 Å². The summed E-state index contributed by atoms with van der Waals surface area (Å²) in [5.41, 5.74) is 2.39. The molecule has 6 nitrogen and oxygen atoms in total. The van der Waals surface area contributed by atoms with Gasteiger partial charge in [-0.1, -0.05) is 71.2 Å². The monoisotopic (exact) mass is 511 g/mol. The molecular formula is C31H45NO5. The summed E-state index contributed by atoms with van der Waals surface area (Å²) < 4.78 is 16.4. The van der Waals surface area contributed by atoms with E-state index in [0.29, 0.717) is 30.9 Å². The molecule has 0 aromatic heterocycles. The van der Waals surface area contributed by atoms with Crippen LogP contribution in [0.15, 0.2) is 42.5 Å². The van der Waals surface area contributed by atoms with Crippen molar-refractivity contribution in [2.75, 3.05) is 26.1 Å². The molecule has 0 radical (unpaired) electrons. The van der Waals surface area contributed by atoms with E-state index in [9.17, 15) is 9.59 Å². The van der Waals surface area contributed by atoms with Crippen LogP contribution >= 0.6 is 0 Å². The summed E-state index contributed by atoms with van der Waals surface area (Å²) in [6, 6.07) is 13.6. The SMILES string of the molecule is CCCCCC(c1cccc(OC)c1OC)C(C(=O)Nc1cccc(CCC(=O)OCC)c1)C(C)(C)C. The lowest BCUT2D eigenvalue weighted by Gasteiger charge is -2.37. The molecule has 2 aromatic rings. The first-order valence-electron chi connectivity index (χ1n) is 13.4. The molecule has 0 saturated heterocycles. The predicted octanol–water partition coefficient (Wildman–Crippen LogP) is 7.16. The molecule has 0 aliphatic rings. The zero-order valence-corrected chi connectivity index (χ0v) is 23.7. The van der Waals surface area contributed by atoms with Crippen molar-refractivity contribution in [1.82, 2.24) is 0 Å². The highest BCUT2D eigenvalue weighted by Crippen LogP contribution is 2.46. The highest BCUT2D eigenvalue weighted by atomic mass is 16.5. The Morgan fingerprint density at radius 1 is 0.973 bits per heavy atom. The second-order valence-corrected chi connectivity index (χ2v) is 10.5. The predicted molar refractivity (Wildman–Crippen MR) is 149 cm³/mol. The van der Waals surface area contributed by atoms with Crippen LogP contribution in [0.2, 0.25) is 0 Å². The lowest BCUT2D eigenvalue weighted by Crippen LogP contribution is -2.38. The van der Waals surface area contributed by atoms with Crippen molar-refractivity contribution in [1.29, 1.82) is 0 Å². The van der Waals surface area contributed by atoms with Gasteiger partial charge in [-0.05, 0) is 54.9 Å². The van der Waals surface area contributed by atoms with E-state index >= 15 is 0 Å². The zero-order chi connectivity index (χ0) is 27.4. The van der Waals surface area contributed by atoms with Crippen molar-refractivity contribution in [3.63, 3.8) is 0 Å². The number of para-hydroxylation sites is 1. The quantitative estimate of drug-likeness (QED) is 0.215.